The number of pyridine rings is 1. The largest absolute Gasteiger partial charge is 0.353 e. The third-order valence-electron chi connectivity index (χ3n) is 4.82. The highest BCUT2D eigenvalue weighted by atomic mass is 16.2. The zero-order valence-electron chi connectivity index (χ0n) is 15.5. The van der Waals surface area contributed by atoms with E-state index in [0.29, 0.717) is 12.5 Å². The quantitative estimate of drug-likeness (QED) is 0.746. The molecule has 5 nitrogen and oxygen atoms in total. The topological polar surface area (TPSA) is 71.1 Å². The fourth-order valence-corrected chi connectivity index (χ4v) is 3.37. The smallest absolute Gasteiger partial charge is 0.220 e. The van der Waals surface area contributed by atoms with Gasteiger partial charge in [0.1, 0.15) is 0 Å². The number of hydrogen-bond acceptors (Lipinski definition) is 3. The SMILES string of the molecule is Cc1cccnc1C[C@H](C)NC(=O)CCC(=O)NC1CCCCCC1. The fourth-order valence-electron chi connectivity index (χ4n) is 3.37. The number of nitrogens with one attached hydrogen (secondary N) is 2. The molecule has 5 heteroatoms. The third kappa shape index (κ3) is 7.24. The molecule has 0 radical (unpaired) electrons. The van der Waals surface area contributed by atoms with Gasteiger partial charge in [0.15, 0.2) is 0 Å². The first-order chi connectivity index (χ1) is 12.0. The van der Waals surface area contributed by atoms with Crippen LogP contribution in [0.25, 0.3) is 0 Å². The molecule has 2 rings (SSSR count). The van der Waals surface area contributed by atoms with E-state index in [1.807, 2.05) is 26.0 Å². The van der Waals surface area contributed by atoms with Crippen LogP contribution in [0.2, 0.25) is 0 Å². The van der Waals surface area contributed by atoms with Crippen molar-refractivity contribution in [2.45, 2.75) is 83.7 Å². The summed E-state index contributed by atoms with van der Waals surface area (Å²) in [6, 6.07) is 4.24. The van der Waals surface area contributed by atoms with Crippen LogP contribution in [0.15, 0.2) is 18.3 Å². The molecule has 1 saturated carbocycles. The summed E-state index contributed by atoms with van der Waals surface area (Å²) in [6.07, 6.45) is 10.0. The molecular weight excluding hydrogens is 314 g/mol. The van der Waals surface area contributed by atoms with Gasteiger partial charge in [-0.25, -0.2) is 0 Å². The maximum Gasteiger partial charge on any atom is 0.220 e. The Bertz CT molecular complexity index is 566. The lowest BCUT2D eigenvalue weighted by Crippen LogP contribution is -2.37. The summed E-state index contributed by atoms with van der Waals surface area (Å²) in [5, 5.41) is 6.05. The van der Waals surface area contributed by atoms with Gasteiger partial charge < -0.3 is 10.6 Å². The third-order valence-corrected chi connectivity index (χ3v) is 4.82. The average molecular weight is 345 g/mol. The number of rotatable bonds is 7. The Balaban J connectivity index is 1.67. The van der Waals surface area contributed by atoms with Gasteiger partial charge in [-0.3, -0.25) is 14.6 Å². The summed E-state index contributed by atoms with van der Waals surface area (Å²) in [5.74, 6) is -0.0765. The molecule has 138 valence electrons. The van der Waals surface area contributed by atoms with Crippen LogP contribution >= 0.6 is 0 Å². The van der Waals surface area contributed by atoms with Crippen molar-refractivity contribution in [2.75, 3.05) is 0 Å². The van der Waals surface area contributed by atoms with Crippen molar-refractivity contribution in [1.82, 2.24) is 15.6 Å². The predicted molar refractivity (Wildman–Crippen MR) is 99.1 cm³/mol. The highest BCUT2D eigenvalue weighted by Crippen LogP contribution is 2.17. The van der Waals surface area contributed by atoms with Crippen LogP contribution in [0.4, 0.5) is 0 Å². The Kier molecular flexibility index (Phi) is 7.89. The van der Waals surface area contributed by atoms with E-state index in [2.05, 4.69) is 15.6 Å². The first kappa shape index (κ1) is 19.4. The van der Waals surface area contributed by atoms with E-state index >= 15 is 0 Å². The summed E-state index contributed by atoms with van der Waals surface area (Å²) in [4.78, 5) is 28.5. The summed E-state index contributed by atoms with van der Waals surface area (Å²) >= 11 is 0. The van der Waals surface area contributed by atoms with Gasteiger partial charge in [0.2, 0.25) is 11.8 Å². The number of amides is 2. The molecule has 0 aliphatic heterocycles. The molecular formula is C20H31N3O2. The van der Waals surface area contributed by atoms with Gasteiger partial charge in [0.05, 0.1) is 0 Å². The highest BCUT2D eigenvalue weighted by molar-refractivity contribution is 5.83. The van der Waals surface area contributed by atoms with Crippen molar-refractivity contribution >= 4 is 11.8 Å². The molecule has 1 aliphatic rings. The van der Waals surface area contributed by atoms with Crippen LogP contribution in [-0.2, 0) is 16.0 Å². The number of aryl methyl sites for hydroxylation is 1. The van der Waals surface area contributed by atoms with Crippen molar-refractivity contribution in [2.24, 2.45) is 0 Å². The molecule has 2 amide bonds. The van der Waals surface area contributed by atoms with E-state index in [1.54, 1.807) is 6.20 Å². The normalized spacial score (nSPS) is 16.7. The number of hydrogen-bond donors (Lipinski definition) is 2. The molecule has 1 aromatic rings. The molecule has 25 heavy (non-hydrogen) atoms. The van der Waals surface area contributed by atoms with Gasteiger partial charge in [-0.1, -0.05) is 31.7 Å². The Morgan fingerprint density at radius 3 is 2.52 bits per heavy atom. The molecule has 0 spiro atoms. The average Bonchev–Trinajstić information content (AvgIpc) is 2.84. The summed E-state index contributed by atoms with van der Waals surface area (Å²) in [6.45, 7) is 3.99. The van der Waals surface area contributed by atoms with E-state index in [9.17, 15) is 9.59 Å². The summed E-state index contributed by atoms with van der Waals surface area (Å²) in [7, 11) is 0. The van der Waals surface area contributed by atoms with Crippen molar-refractivity contribution in [3.8, 4) is 0 Å². The minimum Gasteiger partial charge on any atom is -0.353 e. The van der Waals surface area contributed by atoms with Crippen LogP contribution in [0.3, 0.4) is 0 Å². The van der Waals surface area contributed by atoms with E-state index in [4.69, 9.17) is 0 Å². The molecule has 1 aliphatic carbocycles. The van der Waals surface area contributed by atoms with E-state index in [0.717, 1.165) is 24.1 Å². The molecule has 0 bridgehead atoms. The first-order valence-electron chi connectivity index (χ1n) is 9.54. The van der Waals surface area contributed by atoms with Crippen molar-refractivity contribution in [3.63, 3.8) is 0 Å². The Morgan fingerprint density at radius 2 is 1.84 bits per heavy atom. The lowest BCUT2D eigenvalue weighted by molar-refractivity contribution is -0.127. The first-order valence-corrected chi connectivity index (χ1v) is 9.54. The van der Waals surface area contributed by atoms with Gasteiger partial charge in [-0.2, -0.15) is 0 Å². The molecule has 1 aromatic heterocycles. The maximum atomic E-state index is 12.1. The Labute approximate surface area is 151 Å². The minimum absolute atomic E-state index is 0.00438. The van der Waals surface area contributed by atoms with Crippen LogP contribution in [-0.4, -0.2) is 28.9 Å². The number of nitrogens with zero attached hydrogens (tertiary/aromatic N) is 1. The summed E-state index contributed by atoms with van der Waals surface area (Å²) in [5.41, 5.74) is 2.13. The molecule has 0 saturated heterocycles. The fraction of sp³-hybridized carbons (Fsp3) is 0.650. The lowest BCUT2D eigenvalue weighted by atomic mass is 10.1. The number of carbonyl (C=O) groups is 2. The minimum atomic E-state index is -0.0721. The standard InChI is InChI=1S/C20H31N3O2/c1-15-8-7-13-21-18(15)14-16(2)22-19(24)11-12-20(25)23-17-9-5-3-4-6-10-17/h7-8,13,16-17H,3-6,9-12,14H2,1-2H3,(H,22,24)(H,23,25)/t16-/m0/s1. The Morgan fingerprint density at radius 1 is 1.16 bits per heavy atom. The second-order valence-corrected chi connectivity index (χ2v) is 7.20. The van der Waals surface area contributed by atoms with Gasteiger partial charge in [0, 0.05) is 43.2 Å². The number of carbonyl (C=O) groups excluding carboxylic acids is 2. The molecule has 1 fully saturated rings. The second kappa shape index (κ2) is 10.2. The molecule has 0 aromatic carbocycles. The molecule has 1 heterocycles. The van der Waals surface area contributed by atoms with Crippen molar-refractivity contribution < 1.29 is 9.59 Å². The van der Waals surface area contributed by atoms with Crippen LogP contribution in [0.1, 0.15) is 69.5 Å². The van der Waals surface area contributed by atoms with Crippen LogP contribution < -0.4 is 10.6 Å². The van der Waals surface area contributed by atoms with Gasteiger partial charge in [0.25, 0.3) is 0 Å². The van der Waals surface area contributed by atoms with E-state index < -0.39 is 0 Å². The van der Waals surface area contributed by atoms with Crippen molar-refractivity contribution in [3.05, 3.63) is 29.6 Å². The lowest BCUT2D eigenvalue weighted by Gasteiger charge is -2.17. The zero-order chi connectivity index (χ0) is 18.1. The van der Waals surface area contributed by atoms with Crippen LogP contribution in [0.5, 0.6) is 0 Å². The molecule has 1 atom stereocenters. The molecule has 2 N–H and O–H groups in total. The van der Waals surface area contributed by atoms with Crippen LogP contribution in [0, 0.1) is 6.92 Å². The molecule has 0 unspecified atom stereocenters. The summed E-state index contributed by atoms with van der Waals surface area (Å²) < 4.78 is 0. The number of aromatic nitrogens is 1. The van der Waals surface area contributed by atoms with Gasteiger partial charge >= 0.3 is 0 Å². The second-order valence-electron chi connectivity index (χ2n) is 7.20. The highest BCUT2D eigenvalue weighted by Gasteiger charge is 2.16. The predicted octanol–water partition coefficient (Wildman–Crippen LogP) is 3.06. The Hall–Kier alpha value is -1.91. The monoisotopic (exact) mass is 345 g/mol. The zero-order valence-corrected chi connectivity index (χ0v) is 15.5. The van der Waals surface area contributed by atoms with Crippen molar-refractivity contribution in [1.29, 1.82) is 0 Å². The van der Waals surface area contributed by atoms with Gasteiger partial charge in [-0.15, -0.1) is 0 Å². The van der Waals surface area contributed by atoms with E-state index in [-0.39, 0.29) is 30.7 Å². The van der Waals surface area contributed by atoms with Gasteiger partial charge in [-0.05, 0) is 38.3 Å². The maximum absolute atomic E-state index is 12.1. The van der Waals surface area contributed by atoms with E-state index in [1.165, 1.54) is 25.7 Å².